The standard InChI is InChI=1S/C24H27N3O4/c28-22(11-6-12-27-23(29)19-9-4-5-10-20(19)24(27)30)25-21(18-7-2-1-3-8-18)17-26-13-15-31-16-14-26/h1-5,7-10,21H,6,11-17H2,(H,25,28)/p+1/t21-/m0/s1. The molecule has 1 atom stereocenters. The number of benzene rings is 2. The zero-order valence-electron chi connectivity index (χ0n) is 17.5. The van der Waals surface area contributed by atoms with E-state index in [0.29, 0.717) is 17.5 Å². The van der Waals surface area contributed by atoms with E-state index in [1.807, 2.05) is 30.3 Å². The second-order valence-corrected chi connectivity index (χ2v) is 8.01. The van der Waals surface area contributed by atoms with Gasteiger partial charge in [0.15, 0.2) is 0 Å². The zero-order chi connectivity index (χ0) is 21.6. The lowest BCUT2D eigenvalue weighted by Gasteiger charge is -2.28. The molecule has 7 nitrogen and oxygen atoms in total. The van der Waals surface area contributed by atoms with Crippen LogP contribution in [0.3, 0.4) is 0 Å². The van der Waals surface area contributed by atoms with E-state index in [0.717, 1.165) is 38.4 Å². The van der Waals surface area contributed by atoms with E-state index in [4.69, 9.17) is 4.74 Å². The van der Waals surface area contributed by atoms with Crippen LogP contribution in [-0.4, -0.2) is 62.0 Å². The molecule has 4 rings (SSSR count). The summed E-state index contributed by atoms with van der Waals surface area (Å²) in [6.45, 7) is 4.38. The smallest absolute Gasteiger partial charge is 0.261 e. The van der Waals surface area contributed by atoms with Gasteiger partial charge < -0.3 is 15.0 Å². The van der Waals surface area contributed by atoms with Crippen LogP contribution >= 0.6 is 0 Å². The molecule has 2 aliphatic heterocycles. The Hall–Kier alpha value is -3.03. The minimum atomic E-state index is -0.279. The highest BCUT2D eigenvalue weighted by atomic mass is 16.5. The molecule has 0 aromatic heterocycles. The summed E-state index contributed by atoms with van der Waals surface area (Å²) in [6.07, 6.45) is 0.693. The van der Waals surface area contributed by atoms with E-state index in [9.17, 15) is 14.4 Å². The SMILES string of the molecule is O=C(CCCN1C(=O)c2ccccc2C1=O)N[C@@H](C[NH+]1CCOCC1)c1ccccc1. The van der Waals surface area contributed by atoms with Gasteiger partial charge in [-0.25, -0.2) is 0 Å². The topological polar surface area (TPSA) is 80.2 Å². The summed E-state index contributed by atoms with van der Waals surface area (Å²) in [5.41, 5.74) is 1.96. The van der Waals surface area contributed by atoms with Gasteiger partial charge >= 0.3 is 0 Å². The first-order chi connectivity index (χ1) is 15.1. The lowest BCUT2D eigenvalue weighted by atomic mass is 10.1. The number of fused-ring (bicyclic) bond motifs is 1. The number of carbonyl (C=O) groups is 3. The van der Waals surface area contributed by atoms with Crippen molar-refractivity contribution in [1.82, 2.24) is 10.2 Å². The highest BCUT2D eigenvalue weighted by Gasteiger charge is 2.34. The van der Waals surface area contributed by atoms with Crippen molar-refractivity contribution in [3.63, 3.8) is 0 Å². The Labute approximate surface area is 182 Å². The Bertz CT molecular complexity index is 906. The quantitative estimate of drug-likeness (QED) is 0.618. The van der Waals surface area contributed by atoms with Gasteiger partial charge in [0.1, 0.15) is 25.7 Å². The van der Waals surface area contributed by atoms with Crippen molar-refractivity contribution in [1.29, 1.82) is 0 Å². The van der Waals surface area contributed by atoms with Crippen molar-refractivity contribution in [2.75, 3.05) is 39.4 Å². The Morgan fingerprint density at radius 3 is 2.23 bits per heavy atom. The molecule has 0 radical (unpaired) electrons. The van der Waals surface area contributed by atoms with E-state index in [-0.39, 0.29) is 36.7 Å². The third-order valence-electron chi connectivity index (χ3n) is 5.89. The van der Waals surface area contributed by atoms with E-state index < -0.39 is 0 Å². The summed E-state index contributed by atoms with van der Waals surface area (Å²) >= 11 is 0. The third kappa shape index (κ3) is 5.00. The lowest BCUT2D eigenvalue weighted by Crippen LogP contribution is -3.14. The number of hydrogen-bond donors (Lipinski definition) is 2. The molecule has 0 saturated carbocycles. The van der Waals surface area contributed by atoms with Gasteiger partial charge in [0, 0.05) is 13.0 Å². The van der Waals surface area contributed by atoms with Crippen molar-refractivity contribution in [2.45, 2.75) is 18.9 Å². The normalized spacial score (nSPS) is 17.5. The second-order valence-electron chi connectivity index (χ2n) is 8.01. The van der Waals surface area contributed by atoms with Crippen LogP contribution in [0.1, 0.15) is 45.2 Å². The molecule has 2 aromatic rings. The maximum atomic E-state index is 12.7. The van der Waals surface area contributed by atoms with Gasteiger partial charge in [-0.05, 0) is 24.1 Å². The van der Waals surface area contributed by atoms with Crippen LogP contribution in [0.15, 0.2) is 54.6 Å². The van der Waals surface area contributed by atoms with Crippen molar-refractivity contribution in [3.8, 4) is 0 Å². The van der Waals surface area contributed by atoms with Crippen molar-refractivity contribution in [2.24, 2.45) is 0 Å². The van der Waals surface area contributed by atoms with Crippen LogP contribution in [0, 0.1) is 0 Å². The minimum Gasteiger partial charge on any atom is -0.370 e. The molecule has 0 spiro atoms. The first-order valence-electron chi connectivity index (χ1n) is 10.8. The van der Waals surface area contributed by atoms with Gasteiger partial charge in [0.05, 0.1) is 24.3 Å². The molecule has 7 heteroatoms. The molecule has 0 aliphatic carbocycles. The van der Waals surface area contributed by atoms with Crippen molar-refractivity contribution < 1.29 is 24.0 Å². The Kier molecular flexibility index (Phi) is 6.74. The van der Waals surface area contributed by atoms with E-state index in [2.05, 4.69) is 5.32 Å². The highest BCUT2D eigenvalue weighted by Crippen LogP contribution is 2.22. The number of nitrogens with one attached hydrogen (secondary N) is 2. The summed E-state index contributed by atoms with van der Waals surface area (Å²) in [5.74, 6) is -0.628. The molecule has 1 fully saturated rings. The second kappa shape index (κ2) is 9.85. The Balaban J connectivity index is 1.32. The molecule has 162 valence electrons. The van der Waals surface area contributed by atoms with Gasteiger partial charge in [-0.2, -0.15) is 0 Å². The molecule has 2 heterocycles. The monoisotopic (exact) mass is 422 g/mol. The molecule has 0 bridgehead atoms. The summed E-state index contributed by atoms with van der Waals surface area (Å²) in [4.78, 5) is 40.3. The van der Waals surface area contributed by atoms with Gasteiger partial charge in [-0.1, -0.05) is 42.5 Å². The number of ether oxygens (including phenoxy) is 1. The van der Waals surface area contributed by atoms with E-state index in [1.165, 1.54) is 9.80 Å². The maximum Gasteiger partial charge on any atom is 0.261 e. The number of amides is 3. The van der Waals surface area contributed by atoms with Crippen LogP contribution in [0.25, 0.3) is 0 Å². The summed E-state index contributed by atoms with van der Waals surface area (Å²) in [7, 11) is 0. The summed E-state index contributed by atoms with van der Waals surface area (Å²) in [6, 6.07) is 16.7. The number of rotatable bonds is 8. The van der Waals surface area contributed by atoms with E-state index in [1.54, 1.807) is 24.3 Å². The van der Waals surface area contributed by atoms with Gasteiger partial charge in [0.2, 0.25) is 5.91 Å². The number of carbonyl (C=O) groups excluding carboxylic acids is 3. The first-order valence-corrected chi connectivity index (χ1v) is 10.8. The third-order valence-corrected chi connectivity index (χ3v) is 5.89. The van der Waals surface area contributed by atoms with Gasteiger partial charge in [-0.3, -0.25) is 19.3 Å². The predicted octanol–water partition coefficient (Wildman–Crippen LogP) is 0.835. The molecule has 3 amide bonds. The molecular formula is C24H28N3O4+. The largest absolute Gasteiger partial charge is 0.370 e. The number of hydrogen-bond acceptors (Lipinski definition) is 4. The first kappa shape index (κ1) is 21.2. The average Bonchev–Trinajstić information content (AvgIpc) is 3.05. The molecule has 2 aliphatic rings. The van der Waals surface area contributed by atoms with Crippen LogP contribution in [-0.2, 0) is 9.53 Å². The zero-order valence-corrected chi connectivity index (χ0v) is 17.5. The highest BCUT2D eigenvalue weighted by molar-refractivity contribution is 6.21. The summed E-state index contributed by atoms with van der Waals surface area (Å²) < 4.78 is 5.44. The maximum absolute atomic E-state index is 12.7. The molecule has 2 N–H and O–H groups in total. The van der Waals surface area contributed by atoms with Crippen LogP contribution in [0.4, 0.5) is 0 Å². The number of imide groups is 1. The number of nitrogens with zero attached hydrogens (tertiary/aromatic N) is 1. The van der Waals surface area contributed by atoms with Crippen LogP contribution in [0.2, 0.25) is 0 Å². The number of quaternary nitrogens is 1. The molecule has 31 heavy (non-hydrogen) atoms. The van der Waals surface area contributed by atoms with Gasteiger partial charge in [-0.15, -0.1) is 0 Å². The minimum absolute atomic E-state index is 0.0712. The molecule has 0 unspecified atom stereocenters. The Morgan fingerprint density at radius 2 is 1.58 bits per heavy atom. The molecule has 1 saturated heterocycles. The van der Waals surface area contributed by atoms with Crippen molar-refractivity contribution in [3.05, 3.63) is 71.3 Å². The van der Waals surface area contributed by atoms with Crippen molar-refractivity contribution >= 4 is 17.7 Å². The van der Waals surface area contributed by atoms with Gasteiger partial charge in [0.25, 0.3) is 11.8 Å². The fourth-order valence-electron chi connectivity index (χ4n) is 4.20. The average molecular weight is 423 g/mol. The molecular weight excluding hydrogens is 394 g/mol. The predicted molar refractivity (Wildman–Crippen MR) is 115 cm³/mol. The van der Waals surface area contributed by atoms with E-state index >= 15 is 0 Å². The summed E-state index contributed by atoms with van der Waals surface area (Å²) in [5, 5.41) is 3.16. The number of morpholine rings is 1. The van der Waals surface area contributed by atoms with Crippen LogP contribution < -0.4 is 10.2 Å². The molecule has 2 aromatic carbocycles. The fourth-order valence-corrected chi connectivity index (χ4v) is 4.20. The Morgan fingerprint density at radius 1 is 0.968 bits per heavy atom. The fraction of sp³-hybridized carbons (Fsp3) is 0.375. The van der Waals surface area contributed by atoms with Crippen LogP contribution in [0.5, 0.6) is 0 Å². The lowest BCUT2D eigenvalue weighted by molar-refractivity contribution is -0.909.